The molecule has 1 aromatic carbocycles. The van der Waals surface area contributed by atoms with E-state index in [1.54, 1.807) is 12.1 Å². The van der Waals surface area contributed by atoms with Crippen LogP contribution in [0.4, 0.5) is 5.69 Å². The molecule has 0 unspecified atom stereocenters. The lowest BCUT2D eigenvalue weighted by Gasteiger charge is -2.06. The largest absolute Gasteiger partial charge is 0.497 e. The number of hydrogen-bond donors (Lipinski definition) is 1. The first-order valence-corrected chi connectivity index (χ1v) is 7.04. The van der Waals surface area contributed by atoms with E-state index in [9.17, 15) is 13.2 Å². The number of nitrogen functional groups attached to an aromatic ring is 1. The minimum absolute atomic E-state index is 0.0602. The van der Waals surface area contributed by atoms with Crippen molar-refractivity contribution in [2.24, 2.45) is 0 Å². The van der Waals surface area contributed by atoms with Crippen LogP contribution in [-0.4, -0.2) is 33.3 Å². The third-order valence-electron chi connectivity index (χ3n) is 2.26. The van der Waals surface area contributed by atoms with Crippen LogP contribution >= 0.6 is 0 Å². The zero-order valence-electron chi connectivity index (χ0n) is 9.76. The maximum atomic E-state index is 11.7. The second-order valence-electron chi connectivity index (χ2n) is 3.76. The average molecular weight is 257 g/mol. The summed E-state index contributed by atoms with van der Waals surface area (Å²) in [6.45, 7) is 0. The molecule has 0 aliphatic carbocycles. The quantitative estimate of drug-likeness (QED) is 0.625. The first-order chi connectivity index (χ1) is 7.83. The van der Waals surface area contributed by atoms with Gasteiger partial charge in [0.15, 0.2) is 5.78 Å². The molecule has 0 amide bonds. The average Bonchev–Trinajstić information content (AvgIpc) is 2.24. The van der Waals surface area contributed by atoms with Gasteiger partial charge in [0.25, 0.3) is 0 Å². The van der Waals surface area contributed by atoms with Gasteiger partial charge in [-0.3, -0.25) is 4.79 Å². The topological polar surface area (TPSA) is 86.5 Å². The molecule has 0 aliphatic heterocycles. The molecule has 0 fully saturated rings. The van der Waals surface area contributed by atoms with E-state index >= 15 is 0 Å². The van der Waals surface area contributed by atoms with Crippen LogP contribution < -0.4 is 10.5 Å². The van der Waals surface area contributed by atoms with Crippen LogP contribution in [0.2, 0.25) is 0 Å². The summed E-state index contributed by atoms with van der Waals surface area (Å²) in [7, 11) is -1.64. The van der Waals surface area contributed by atoms with Crippen molar-refractivity contribution in [3.8, 4) is 5.75 Å². The van der Waals surface area contributed by atoms with Crippen LogP contribution in [0.15, 0.2) is 18.2 Å². The van der Waals surface area contributed by atoms with Crippen molar-refractivity contribution in [1.29, 1.82) is 0 Å². The number of Topliss-reactive ketones (excluding diaryl/α,β-unsaturated/α-hetero) is 1. The lowest BCUT2D eigenvalue weighted by Crippen LogP contribution is -2.11. The van der Waals surface area contributed by atoms with Crippen molar-refractivity contribution >= 4 is 21.3 Å². The second kappa shape index (κ2) is 5.18. The number of carbonyl (C=O) groups is 1. The molecule has 1 aromatic rings. The van der Waals surface area contributed by atoms with Gasteiger partial charge in [0, 0.05) is 30.0 Å². The van der Waals surface area contributed by atoms with Crippen molar-refractivity contribution in [2.45, 2.75) is 6.42 Å². The zero-order chi connectivity index (χ0) is 13.1. The van der Waals surface area contributed by atoms with Crippen molar-refractivity contribution in [1.82, 2.24) is 0 Å². The summed E-state index contributed by atoms with van der Waals surface area (Å²) < 4.78 is 26.9. The molecule has 17 heavy (non-hydrogen) atoms. The van der Waals surface area contributed by atoms with Crippen LogP contribution in [-0.2, 0) is 9.84 Å². The third-order valence-corrected chi connectivity index (χ3v) is 3.20. The first kappa shape index (κ1) is 13.5. The summed E-state index contributed by atoms with van der Waals surface area (Å²) in [6.07, 6.45) is 1.03. The Balaban J connectivity index is 2.83. The number of sulfone groups is 1. The molecule has 5 nitrogen and oxygen atoms in total. The van der Waals surface area contributed by atoms with Gasteiger partial charge in [-0.15, -0.1) is 0 Å². The van der Waals surface area contributed by atoms with Gasteiger partial charge in [0.1, 0.15) is 15.6 Å². The van der Waals surface area contributed by atoms with E-state index in [1.165, 1.54) is 13.2 Å². The lowest BCUT2D eigenvalue weighted by atomic mass is 10.1. The standard InChI is InChI=1S/C11H15NO4S/c1-16-8-3-4-9(10(12)7-8)11(13)5-6-17(2,14)15/h3-4,7H,5-6,12H2,1-2H3. The number of benzene rings is 1. The van der Waals surface area contributed by atoms with Crippen LogP contribution in [0.25, 0.3) is 0 Å². The minimum Gasteiger partial charge on any atom is -0.497 e. The molecular weight excluding hydrogens is 242 g/mol. The van der Waals surface area contributed by atoms with Gasteiger partial charge in [-0.05, 0) is 12.1 Å². The lowest BCUT2D eigenvalue weighted by molar-refractivity contribution is 0.0989. The van der Waals surface area contributed by atoms with Crippen LogP contribution in [0.5, 0.6) is 5.75 Å². The van der Waals surface area contributed by atoms with Crippen molar-refractivity contribution in [2.75, 3.05) is 24.9 Å². The number of hydrogen-bond acceptors (Lipinski definition) is 5. The van der Waals surface area contributed by atoms with E-state index in [0.717, 1.165) is 6.26 Å². The molecule has 0 aliphatic rings. The number of methoxy groups -OCH3 is 1. The highest BCUT2D eigenvalue weighted by Gasteiger charge is 2.13. The highest BCUT2D eigenvalue weighted by Crippen LogP contribution is 2.20. The molecule has 0 saturated carbocycles. The number of nitrogens with two attached hydrogens (primary N) is 1. The Bertz CT molecular complexity index is 522. The van der Waals surface area contributed by atoms with Crippen LogP contribution in [0.1, 0.15) is 16.8 Å². The summed E-state index contributed by atoms with van der Waals surface area (Å²) in [6, 6.07) is 4.69. The Morgan fingerprint density at radius 3 is 2.53 bits per heavy atom. The molecule has 0 atom stereocenters. The Morgan fingerprint density at radius 1 is 1.41 bits per heavy atom. The highest BCUT2D eigenvalue weighted by atomic mass is 32.2. The Kier molecular flexibility index (Phi) is 4.11. The van der Waals surface area contributed by atoms with E-state index < -0.39 is 9.84 Å². The first-order valence-electron chi connectivity index (χ1n) is 4.98. The smallest absolute Gasteiger partial charge is 0.165 e. The van der Waals surface area contributed by atoms with E-state index in [2.05, 4.69) is 0 Å². The fourth-order valence-corrected chi connectivity index (χ4v) is 1.89. The summed E-state index contributed by atoms with van der Waals surface area (Å²) in [5.74, 6) is 0.106. The van der Waals surface area contributed by atoms with Crippen LogP contribution in [0, 0.1) is 0 Å². The van der Waals surface area contributed by atoms with Gasteiger partial charge < -0.3 is 10.5 Å². The molecule has 0 saturated heterocycles. The molecule has 6 heteroatoms. The second-order valence-corrected chi connectivity index (χ2v) is 6.02. The van der Waals surface area contributed by atoms with E-state index in [0.29, 0.717) is 17.0 Å². The third kappa shape index (κ3) is 4.07. The fraction of sp³-hybridized carbons (Fsp3) is 0.364. The molecule has 0 aromatic heterocycles. The molecule has 0 radical (unpaired) electrons. The molecule has 2 N–H and O–H groups in total. The Hall–Kier alpha value is -1.56. The van der Waals surface area contributed by atoms with E-state index in [4.69, 9.17) is 10.5 Å². The van der Waals surface area contributed by atoms with Crippen LogP contribution in [0.3, 0.4) is 0 Å². The van der Waals surface area contributed by atoms with Gasteiger partial charge in [0.05, 0.1) is 12.9 Å². The van der Waals surface area contributed by atoms with Gasteiger partial charge >= 0.3 is 0 Å². The Morgan fingerprint density at radius 2 is 2.06 bits per heavy atom. The highest BCUT2D eigenvalue weighted by molar-refractivity contribution is 7.90. The number of rotatable bonds is 5. The minimum atomic E-state index is -3.14. The maximum Gasteiger partial charge on any atom is 0.165 e. The monoisotopic (exact) mass is 257 g/mol. The van der Waals surface area contributed by atoms with Gasteiger partial charge in [-0.2, -0.15) is 0 Å². The zero-order valence-corrected chi connectivity index (χ0v) is 10.6. The summed E-state index contributed by atoms with van der Waals surface area (Å²) in [5, 5.41) is 0. The van der Waals surface area contributed by atoms with Gasteiger partial charge in [-0.1, -0.05) is 0 Å². The molecular formula is C11H15NO4S. The summed E-state index contributed by atoms with van der Waals surface area (Å²) in [4.78, 5) is 11.7. The number of ether oxygens (including phenoxy) is 1. The SMILES string of the molecule is COc1ccc(C(=O)CCS(C)(=O)=O)c(N)c1. The normalized spacial score (nSPS) is 11.2. The molecule has 94 valence electrons. The van der Waals surface area contributed by atoms with Crippen molar-refractivity contribution in [3.63, 3.8) is 0 Å². The summed E-state index contributed by atoms with van der Waals surface area (Å²) in [5.41, 5.74) is 6.31. The number of ketones is 1. The molecule has 0 heterocycles. The molecule has 1 rings (SSSR count). The predicted molar refractivity (Wildman–Crippen MR) is 66.1 cm³/mol. The van der Waals surface area contributed by atoms with Crippen molar-refractivity contribution < 1.29 is 17.9 Å². The number of carbonyl (C=O) groups excluding carboxylic acids is 1. The predicted octanol–water partition coefficient (Wildman–Crippen LogP) is 0.895. The number of anilines is 1. The Labute approximate surface area is 100 Å². The fourth-order valence-electron chi connectivity index (χ4n) is 1.33. The van der Waals surface area contributed by atoms with Gasteiger partial charge in [-0.25, -0.2) is 8.42 Å². The van der Waals surface area contributed by atoms with Gasteiger partial charge in [0.2, 0.25) is 0 Å². The van der Waals surface area contributed by atoms with E-state index in [-0.39, 0.29) is 18.0 Å². The summed E-state index contributed by atoms with van der Waals surface area (Å²) >= 11 is 0. The molecule has 0 bridgehead atoms. The maximum absolute atomic E-state index is 11.7. The molecule has 0 spiro atoms. The van der Waals surface area contributed by atoms with E-state index in [1.807, 2.05) is 0 Å². The van der Waals surface area contributed by atoms with Crippen molar-refractivity contribution in [3.05, 3.63) is 23.8 Å².